The first-order valence-corrected chi connectivity index (χ1v) is 12.6. The fourth-order valence-corrected chi connectivity index (χ4v) is 3.46. The van der Waals surface area contributed by atoms with Crippen molar-refractivity contribution >= 4 is 24.6 Å². The number of alkyl carbamates (subject to hydrolysis) is 1. The van der Waals surface area contributed by atoms with Crippen LogP contribution < -0.4 is 10.8 Å². The molecule has 0 radical (unpaired) electrons. The van der Waals surface area contributed by atoms with E-state index in [9.17, 15) is 9.59 Å². The van der Waals surface area contributed by atoms with E-state index < -0.39 is 13.2 Å². The van der Waals surface area contributed by atoms with Gasteiger partial charge in [-0.3, -0.25) is 4.79 Å². The number of nitrogens with one attached hydrogen (secondary N) is 2. The Bertz CT molecular complexity index is 974. The van der Waals surface area contributed by atoms with Crippen molar-refractivity contribution in [2.75, 3.05) is 20.2 Å². The fraction of sp³-hybridized carbons (Fsp3) is 0.577. The third-order valence-electron chi connectivity index (χ3n) is 6.13. The van der Waals surface area contributed by atoms with E-state index in [1.807, 2.05) is 58.9 Å². The minimum Gasteiger partial charge on any atom is -0.453 e. The Kier molecular flexibility index (Phi) is 10.5. The van der Waals surface area contributed by atoms with Crippen LogP contribution in [0.15, 0.2) is 30.5 Å². The van der Waals surface area contributed by atoms with Gasteiger partial charge in [-0.2, -0.15) is 0 Å². The number of carbonyl (C=O) groups excluding carboxylic acids is 2. The number of rotatable bonds is 8. The molecule has 2 amide bonds. The van der Waals surface area contributed by atoms with E-state index in [1.165, 1.54) is 13.5 Å². The van der Waals surface area contributed by atoms with Crippen molar-refractivity contribution in [2.45, 2.75) is 79.1 Å². The number of methoxy groups -OCH3 is 1. The smallest absolute Gasteiger partial charge is 0.453 e. The van der Waals surface area contributed by atoms with E-state index in [0.29, 0.717) is 18.9 Å². The molecule has 1 aromatic heterocycles. The molecule has 0 bridgehead atoms. The van der Waals surface area contributed by atoms with Crippen molar-refractivity contribution < 1.29 is 23.6 Å². The number of H-pyrrole nitrogens is 1. The van der Waals surface area contributed by atoms with Crippen LogP contribution in [0.2, 0.25) is 0 Å². The predicted molar refractivity (Wildman–Crippen MR) is 142 cm³/mol. The van der Waals surface area contributed by atoms with Gasteiger partial charge in [-0.05, 0) is 45.1 Å². The minimum absolute atomic E-state index is 0.124. The Morgan fingerprint density at radius 1 is 1.08 bits per heavy atom. The molecule has 0 aliphatic carbocycles. The largest absolute Gasteiger partial charge is 0.494 e. The number of hydrogen-bond acceptors (Lipinski definition) is 6. The lowest BCUT2D eigenvalue weighted by Gasteiger charge is -2.32. The number of aromatic amines is 1. The highest BCUT2D eigenvalue weighted by Gasteiger charge is 2.51. The number of amides is 2. The van der Waals surface area contributed by atoms with Crippen molar-refractivity contribution in [1.29, 1.82) is 0 Å². The third-order valence-corrected chi connectivity index (χ3v) is 6.13. The summed E-state index contributed by atoms with van der Waals surface area (Å²) in [5.41, 5.74) is 2.00. The summed E-state index contributed by atoms with van der Waals surface area (Å²) in [6.07, 6.45) is 3.15. The molecular formula is C26H41BN4O5. The third kappa shape index (κ3) is 7.57. The summed E-state index contributed by atoms with van der Waals surface area (Å²) < 4.78 is 16.8. The first-order chi connectivity index (χ1) is 17.0. The Morgan fingerprint density at radius 3 is 2.19 bits per heavy atom. The van der Waals surface area contributed by atoms with E-state index in [2.05, 4.69) is 33.9 Å². The lowest BCUT2D eigenvalue weighted by Crippen LogP contribution is -2.41. The first kappa shape index (κ1) is 29.4. The molecule has 0 unspecified atom stereocenters. The Morgan fingerprint density at radius 2 is 1.67 bits per heavy atom. The summed E-state index contributed by atoms with van der Waals surface area (Å²) in [7, 11) is 0.851. The lowest BCUT2D eigenvalue weighted by atomic mass is 9.79. The number of nitrogens with zero attached hydrogens (tertiary/aromatic N) is 2. The maximum Gasteiger partial charge on any atom is 0.494 e. The summed E-state index contributed by atoms with van der Waals surface area (Å²) >= 11 is 0. The molecule has 1 aliphatic rings. The number of imidazole rings is 1. The van der Waals surface area contributed by atoms with Gasteiger partial charge in [0.2, 0.25) is 5.91 Å². The van der Waals surface area contributed by atoms with Gasteiger partial charge in [0, 0.05) is 6.54 Å². The number of benzene rings is 1. The summed E-state index contributed by atoms with van der Waals surface area (Å²) in [6.45, 7) is 15.1. The average Bonchev–Trinajstić information content (AvgIpc) is 3.38. The van der Waals surface area contributed by atoms with Gasteiger partial charge in [-0.1, -0.05) is 51.5 Å². The lowest BCUT2D eigenvalue weighted by molar-refractivity contribution is -0.130. The molecule has 2 heterocycles. The van der Waals surface area contributed by atoms with Crippen molar-refractivity contribution in [1.82, 2.24) is 20.2 Å². The molecule has 0 atom stereocenters. The fourth-order valence-electron chi connectivity index (χ4n) is 3.46. The van der Waals surface area contributed by atoms with Crippen LogP contribution in [0.25, 0.3) is 11.3 Å². The second kappa shape index (κ2) is 12.9. The maximum absolute atomic E-state index is 12.5. The molecule has 36 heavy (non-hydrogen) atoms. The molecule has 1 fully saturated rings. The van der Waals surface area contributed by atoms with E-state index >= 15 is 0 Å². The van der Waals surface area contributed by atoms with Gasteiger partial charge < -0.3 is 29.2 Å². The maximum atomic E-state index is 12.5. The SMILES string of the molecule is CCC.CCCN(Cc1ncc(-c2ccc(B3OC(C)(C)C(C)(C)O3)cc2)[nH]1)C(=O)CNC(=O)OC. The van der Waals surface area contributed by atoms with E-state index in [0.717, 1.165) is 23.1 Å². The predicted octanol–water partition coefficient (Wildman–Crippen LogP) is 3.89. The van der Waals surface area contributed by atoms with Gasteiger partial charge in [0.15, 0.2) is 0 Å². The molecule has 2 aromatic rings. The van der Waals surface area contributed by atoms with Crippen molar-refractivity contribution in [3.63, 3.8) is 0 Å². The van der Waals surface area contributed by atoms with E-state index in [1.54, 1.807) is 11.1 Å². The minimum atomic E-state index is -0.635. The zero-order valence-electron chi connectivity index (χ0n) is 22.9. The van der Waals surface area contributed by atoms with E-state index in [-0.39, 0.29) is 23.7 Å². The second-order valence-electron chi connectivity index (χ2n) is 9.82. The van der Waals surface area contributed by atoms with Crippen LogP contribution in [0.1, 0.15) is 67.1 Å². The molecule has 10 heteroatoms. The number of ether oxygens (including phenoxy) is 1. The van der Waals surface area contributed by atoms with Crippen LogP contribution >= 0.6 is 0 Å². The van der Waals surface area contributed by atoms with Crippen molar-refractivity contribution in [2.24, 2.45) is 0 Å². The molecule has 9 nitrogen and oxygen atoms in total. The normalized spacial score (nSPS) is 15.6. The molecule has 198 valence electrons. The summed E-state index contributed by atoms with van der Waals surface area (Å²) in [6, 6.07) is 7.96. The highest BCUT2D eigenvalue weighted by Crippen LogP contribution is 2.36. The molecule has 2 N–H and O–H groups in total. The van der Waals surface area contributed by atoms with Gasteiger partial charge in [0.05, 0.1) is 36.7 Å². The van der Waals surface area contributed by atoms with Crippen LogP contribution in [0.4, 0.5) is 4.79 Å². The highest BCUT2D eigenvalue weighted by molar-refractivity contribution is 6.62. The van der Waals surface area contributed by atoms with Crippen LogP contribution in [0.5, 0.6) is 0 Å². The van der Waals surface area contributed by atoms with Gasteiger partial charge in [-0.15, -0.1) is 0 Å². The van der Waals surface area contributed by atoms with Crippen LogP contribution in [-0.2, 0) is 25.4 Å². The average molecular weight is 500 g/mol. The number of carbonyl (C=O) groups is 2. The second-order valence-corrected chi connectivity index (χ2v) is 9.82. The molecule has 0 spiro atoms. The summed E-state index contributed by atoms with van der Waals surface area (Å²) in [4.78, 5) is 33.1. The topological polar surface area (TPSA) is 106 Å². The van der Waals surface area contributed by atoms with Crippen molar-refractivity contribution in [3.05, 3.63) is 36.3 Å². The molecule has 3 rings (SSSR count). The molecule has 0 saturated carbocycles. The van der Waals surface area contributed by atoms with E-state index in [4.69, 9.17) is 9.31 Å². The Balaban J connectivity index is 0.00000145. The van der Waals surface area contributed by atoms with Crippen molar-refractivity contribution in [3.8, 4) is 11.3 Å². The van der Waals surface area contributed by atoms with Gasteiger partial charge >= 0.3 is 13.2 Å². The van der Waals surface area contributed by atoms with Gasteiger partial charge in [-0.25, -0.2) is 9.78 Å². The monoisotopic (exact) mass is 500 g/mol. The molecule has 1 saturated heterocycles. The summed E-state index contributed by atoms with van der Waals surface area (Å²) in [5, 5.41) is 2.42. The molecule has 1 aliphatic heterocycles. The summed E-state index contributed by atoms with van der Waals surface area (Å²) in [5.74, 6) is 0.465. The highest BCUT2D eigenvalue weighted by atomic mass is 16.7. The Hall–Kier alpha value is -2.85. The van der Waals surface area contributed by atoms with Gasteiger partial charge in [0.25, 0.3) is 0 Å². The standard InChI is InChI=1S/C23H33BN4O5.C3H8/c1-7-12-28(20(29)14-26-21(30)31-6)15-19-25-13-18(27-19)16-8-10-17(11-9-16)24-32-22(2,3)23(4,5)33-24;1-3-2/h8-11,13H,7,12,14-15H2,1-6H3,(H,25,27)(H,26,30);3H2,1-2H3. The molecular weight excluding hydrogens is 459 g/mol. The zero-order valence-corrected chi connectivity index (χ0v) is 22.9. The first-order valence-electron chi connectivity index (χ1n) is 12.6. The number of aromatic nitrogens is 2. The molecule has 1 aromatic carbocycles. The quantitative estimate of drug-likeness (QED) is 0.533. The van der Waals surface area contributed by atoms with Crippen LogP contribution in [0, 0.1) is 0 Å². The number of hydrogen-bond donors (Lipinski definition) is 2. The van der Waals surface area contributed by atoms with Gasteiger partial charge in [0.1, 0.15) is 12.4 Å². The zero-order chi connectivity index (χ0) is 26.9. The Labute approximate surface area is 215 Å². The van der Waals surface area contributed by atoms with Crippen LogP contribution in [0.3, 0.4) is 0 Å². The van der Waals surface area contributed by atoms with Crippen LogP contribution in [-0.4, -0.2) is 65.4 Å².